The number of amides is 1. The van der Waals surface area contributed by atoms with Gasteiger partial charge in [0.1, 0.15) is 5.75 Å². The number of nitriles is 1. The second kappa shape index (κ2) is 6.77. The topological polar surface area (TPSA) is 78.2 Å². The quantitative estimate of drug-likeness (QED) is 0.933. The standard InChI is InChI=1S/C16H16N4O2S/c1-20-8-2-3-13(20)15(21)19-16-18-10-14(23-16)22-12-6-4-11(9-17)5-7-12/h4-7,10,13H,2-3,8H2,1H3,(H,18,19,21)/t13-/m1/s1. The number of ether oxygens (including phenoxy) is 1. The Labute approximate surface area is 138 Å². The molecule has 6 nitrogen and oxygen atoms in total. The molecule has 0 spiro atoms. The summed E-state index contributed by atoms with van der Waals surface area (Å²) in [7, 11) is 1.96. The first-order chi connectivity index (χ1) is 11.2. The van der Waals surface area contributed by atoms with Gasteiger partial charge in [0, 0.05) is 0 Å². The highest BCUT2D eigenvalue weighted by Crippen LogP contribution is 2.30. The Hall–Kier alpha value is -2.43. The maximum atomic E-state index is 12.2. The highest BCUT2D eigenvalue weighted by atomic mass is 32.1. The number of likely N-dealkylation sites (tertiary alicyclic amines) is 1. The molecule has 0 aliphatic carbocycles. The molecular weight excluding hydrogens is 312 g/mol. The van der Waals surface area contributed by atoms with E-state index in [9.17, 15) is 4.79 Å². The number of anilines is 1. The van der Waals surface area contributed by atoms with Gasteiger partial charge in [-0.3, -0.25) is 9.69 Å². The van der Waals surface area contributed by atoms with E-state index in [1.54, 1.807) is 30.5 Å². The van der Waals surface area contributed by atoms with Crippen molar-refractivity contribution in [1.29, 1.82) is 5.26 Å². The highest BCUT2D eigenvalue weighted by molar-refractivity contribution is 7.17. The van der Waals surface area contributed by atoms with Gasteiger partial charge < -0.3 is 10.1 Å². The summed E-state index contributed by atoms with van der Waals surface area (Å²) in [4.78, 5) is 18.4. The first kappa shape index (κ1) is 15.5. The lowest BCUT2D eigenvalue weighted by atomic mass is 10.2. The lowest BCUT2D eigenvalue weighted by Crippen LogP contribution is -2.37. The molecule has 1 fully saturated rings. The first-order valence-corrected chi connectivity index (χ1v) is 8.12. The molecule has 0 saturated carbocycles. The minimum absolute atomic E-state index is 0.0238. The minimum Gasteiger partial charge on any atom is -0.445 e. The van der Waals surface area contributed by atoms with Gasteiger partial charge in [-0.25, -0.2) is 4.98 Å². The Morgan fingerprint density at radius 3 is 2.91 bits per heavy atom. The van der Waals surface area contributed by atoms with Gasteiger partial charge in [-0.15, -0.1) is 0 Å². The maximum absolute atomic E-state index is 12.2. The van der Waals surface area contributed by atoms with Crippen LogP contribution in [0.4, 0.5) is 5.13 Å². The SMILES string of the molecule is CN1CCC[C@@H]1C(=O)Nc1ncc(Oc2ccc(C#N)cc2)s1. The van der Waals surface area contributed by atoms with Crippen LogP contribution in [-0.2, 0) is 4.79 Å². The van der Waals surface area contributed by atoms with E-state index in [-0.39, 0.29) is 11.9 Å². The van der Waals surface area contributed by atoms with Crippen LogP contribution >= 0.6 is 11.3 Å². The van der Waals surface area contributed by atoms with Crippen LogP contribution in [0.25, 0.3) is 0 Å². The van der Waals surface area contributed by atoms with Crippen molar-refractivity contribution in [2.75, 3.05) is 18.9 Å². The molecule has 1 N–H and O–H groups in total. The number of benzene rings is 1. The van der Waals surface area contributed by atoms with Gasteiger partial charge in [0.25, 0.3) is 0 Å². The molecule has 0 radical (unpaired) electrons. The van der Waals surface area contributed by atoms with Crippen molar-refractivity contribution in [3.63, 3.8) is 0 Å². The summed E-state index contributed by atoms with van der Waals surface area (Å²) in [5, 5.41) is 12.7. The molecule has 1 atom stereocenters. The molecule has 3 rings (SSSR count). The molecule has 0 bridgehead atoms. The number of aromatic nitrogens is 1. The van der Waals surface area contributed by atoms with E-state index < -0.39 is 0 Å². The van der Waals surface area contributed by atoms with Gasteiger partial charge in [-0.2, -0.15) is 5.26 Å². The Kier molecular flexibility index (Phi) is 4.55. The largest absolute Gasteiger partial charge is 0.445 e. The smallest absolute Gasteiger partial charge is 0.243 e. The van der Waals surface area contributed by atoms with Gasteiger partial charge in [0.05, 0.1) is 23.9 Å². The molecular formula is C16H16N4O2S. The number of hydrogen-bond donors (Lipinski definition) is 1. The minimum atomic E-state index is -0.0817. The van der Waals surface area contributed by atoms with E-state index in [0.29, 0.717) is 21.5 Å². The van der Waals surface area contributed by atoms with Crippen molar-refractivity contribution in [3.05, 3.63) is 36.0 Å². The van der Waals surface area contributed by atoms with Gasteiger partial charge in [-0.05, 0) is 50.7 Å². The van der Waals surface area contributed by atoms with Gasteiger partial charge in [0.2, 0.25) is 11.0 Å². The number of hydrogen-bond acceptors (Lipinski definition) is 6. The van der Waals surface area contributed by atoms with Crippen LogP contribution in [-0.4, -0.2) is 35.4 Å². The third-order valence-corrected chi connectivity index (χ3v) is 4.53. The van der Waals surface area contributed by atoms with Gasteiger partial charge >= 0.3 is 0 Å². The third kappa shape index (κ3) is 3.67. The Morgan fingerprint density at radius 2 is 2.26 bits per heavy atom. The van der Waals surface area contributed by atoms with E-state index in [4.69, 9.17) is 10.00 Å². The van der Waals surface area contributed by atoms with E-state index in [1.807, 2.05) is 7.05 Å². The van der Waals surface area contributed by atoms with E-state index in [2.05, 4.69) is 21.3 Å². The molecule has 0 unspecified atom stereocenters. The number of carbonyl (C=O) groups excluding carboxylic acids is 1. The van der Waals surface area contributed by atoms with Gasteiger partial charge in [0.15, 0.2) is 5.13 Å². The first-order valence-electron chi connectivity index (χ1n) is 7.30. The molecule has 118 valence electrons. The normalized spacial score (nSPS) is 17.7. The lowest BCUT2D eigenvalue weighted by Gasteiger charge is -2.17. The molecule has 1 aromatic carbocycles. The summed E-state index contributed by atoms with van der Waals surface area (Å²) in [6, 6.07) is 8.81. The van der Waals surface area contributed by atoms with Crippen molar-refractivity contribution >= 4 is 22.4 Å². The zero-order valence-corrected chi connectivity index (χ0v) is 13.5. The highest BCUT2D eigenvalue weighted by Gasteiger charge is 2.28. The van der Waals surface area contributed by atoms with Crippen LogP contribution in [0.1, 0.15) is 18.4 Å². The van der Waals surface area contributed by atoms with Crippen LogP contribution in [0, 0.1) is 11.3 Å². The number of rotatable bonds is 4. The Morgan fingerprint density at radius 1 is 1.48 bits per heavy atom. The monoisotopic (exact) mass is 328 g/mol. The molecule has 1 aromatic heterocycles. The average Bonchev–Trinajstić information content (AvgIpc) is 3.17. The van der Waals surface area contributed by atoms with E-state index in [0.717, 1.165) is 19.4 Å². The lowest BCUT2D eigenvalue weighted by molar-refractivity contribution is -0.119. The third-order valence-electron chi connectivity index (χ3n) is 3.74. The Bertz CT molecular complexity index is 735. The number of likely N-dealkylation sites (N-methyl/N-ethyl adjacent to an activating group) is 1. The molecule has 23 heavy (non-hydrogen) atoms. The molecule has 7 heteroatoms. The van der Waals surface area contributed by atoms with Crippen molar-refractivity contribution in [2.24, 2.45) is 0 Å². The molecule has 1 aliphatic rings. The fourth-order valence-electron chi connectivity index (χ4n) is 2.51. The molecule has 1 amide bonds. The van der Waals surface area contributed by atoms with Crippen LogP contribution in [0.15, 0.2) is 30.5 Å². The zero-order valence-electron chi connectivity index (χ0n) is 12.7. The van der Waals surface area contributed by atoms with Crippen molar-refractivity contribution < 1.29 is 9.53 Å². The molecule has 1 saturated heterocycles. The fraction of sp³-hybridized carbons (Fsp3) is 0.312. The van der Waals surface area contributed by atoms with Crippen molar-refractivity contribution in [1.82, 2.24) is 9.88 Å². The summed E-state index contributed by atoms with van der Waals surface area (Å²) in [5.74, 6) is 0.602. The second-order valence-electron chi connectivity index (χ2n) is 5.35. The molecule has 2 heterocycles. The summed E-state index contributed by atoms with van der Waals surface area (Å²) in [6.45, 7) is 0.947. The second-order valence-corrected chi connectivity index (χ2v) is 6.34. The summed E-state index contributed by atoms with van der Waals surface area (Å²) in [6.07, 6.45) is 3.50. The summed E-state index contributed by atoms with van der Waals surface area (Å²) in [5.41, 5.74) is 0.579. The van der Waals surface area contributed by atoms with Crippen LogP contribution < -0.4 is 10.1 Å². The fourth-order valence-corrected chi connectivity index (χ4v) is 3.20. The van der Waals surface area contributed by atoms with Crippen LogP contribution in [0.2, 0.25) is 0 Å². The average molecular weight is 328 g/mol. The number of nitrogens with one attached hydrogen (secondary N) is 1. The van der Waals surface area contributed by atoms with E-state index >= 15 is 0 Å². The van der Waals surface area contributed by atoms with Gasteiger partial charge in [-0.1, -0.05) is 11.3 Å². The zero-order chi connectivity index (χ0) is 16.2. The predicted molar refractivity (Wildman–Crippen MR) is 87.6 cm³/mol. The van der Waals surface area contributed by atoms with Crippen LogP contribution in [0.5, 0.6) is 10.8 Å². The molecule has 1 aliphatic heterocycles. The molecule has 2 aromatic rings. The number of nitrogens with zero attached hydrogens (tertiary/aromatic N) is 3. The summed E-state index contributed by atoms with van der Waals surface area (Å²) >= 11 is 1.28. The maximum Gasteiger partial charge on any atom is 0.243 e. The van der Waals surface area contributed by atoms with E-state index in [1.165, 1.54) is 11.3 Å². The summed E-state index contributed by atoms with van der Waals surface area (Å²) < 4.78 is 5.67. The number of thiazole rings is 1. The van der Waals surface area contributed by atoms with Crippen molar-refractivity contribution in [2.45, 2.75) is 18.9 Å². The predicted octanol–water partition coefficient (Wildman–Crippen LogP) is 2.84. The Balaban J connectivity index is 1.61. The van der Waals surface area contributed by atoms with Crippen LogP contribution in [0.3, 0.4) is 0 Å². The van der Waals surface area contributed by atoms with Crippen molar-refractivity contribution in [3.8, 4) is 16.9 Å². The number of carbonyl (C=O) groups is 1.